The van der Waals surface area contributed by atoms with Gasteiger partial charge in [-0.2, -0.15) is 13.9 Å². The number of ketones is 2. The number of carbonyl (C=O) groups excluding carboxylic acids is 2. The Morgan fingerprint density at radius 2 is 1.60 bits per heavy atom. The van der Waals surface area contributed by atoms with E-state index in [2.05, 4.69) is 29.4 Å². The van der Waals surface area contributed by atoms with Gasteiger partial charge in [-0.15, -0.1) is 0 Å². The van der Waals surface area contributed by atoms with E-state index in [4.69, 9.17) is 4.74 Å². The molecule has 0 radical (unpaired) electrons. The number of aromatic nitrogens is 2. The van der Waals surface area contributed by atoms with E-state index in [0.717, 1.165) is 42.4 Å². The minimum Gasteiger partial charge on any atom is -0.435 e. The summed E-state index contributed by atoms with van der Waals surface area (Å²) in [6.45, 7) is -0.894. The van der Waals surface area contributed by atoms with Crippen LogP contribution < -0.4 is 4.74 Å². The number of carbonyl (C=O) groups is 2. The Kier molecular flexibility index (Phi) is 6.99. The molecule has 0 saturated heterocycles. The molecule has 0 N–H and O–H groups in total. The summed E-state index contributed by atoms with van der Waals surface area (Å²) in [7, 11) is 0. The van der Waals surface area contributed by atoms with E-state index in [0.29, 0.717) is 41.8 Å². The van der Waals surface area contributed by atoms with Crippen LogP contribution in [0.5, 0.6) is 5.75 Å². The van der Waals surface area contributed by atoms with Crippen molar-refractivity contribution in [3.05, 3.63) is 84.1 Å². The van der Waals surface area contributed by atoms with Gasteiger partial charge in [0.05, 0.1) is 18.3 Å². The molecule has 0 unspecified atom stereocenters. The van der Waals surface area contributed by atoms with E-state index < -0.39 is 6.61 Å². The molecule has 7 heteroatoms. The number of hydrogen-bond acceptors (Lipinski definition) is 4. The lowest BCUT2D eigenvalue weighted by atomic mass is 9.47. The molecule has 2 saturated carbocycles. The Hall–Kier alpha value is -3.87. The molecule has 6 rings (SSSR count). The summed E-state index contributed by atoms with van der Waals surface area (Å²) in [5.41, 5.74) is 4.55. The Balaban J connectivity index is 1.21. The summed E-state index contributed by atoms with van der Waals surface area (Å²) in [5, 5.41) is 5.11. The van der Waals surface area contributed by atoms with Crippen LogP contribution >= 0.6 is 0 Å². The monoisotopic (exact) mass is 542 g/mol. The topological polar surface area (TPSA) is 61.2 Å². The molecule has 1 heterocycles. The molecule has 2 fully saturated rings. The van der Waals surface area contributed by atoms with Crippen LogP contribution in [0, 0.1) is 17.3 Å². The van der Waals surface area contributed by atoms with Crippen LogP contribution in [-0.2, 0) is 11.3 Å². The Morgan fingerprint density at radius 1 is 0.950 bits per heavy atom. The number of halogens is 2. The average molecular weight is 543 g/mol. The van der Waals surface area contributed by atoms with Gasteiger partial charge in [0, 0.05) is 23.8 Å². The second-order valence-electron chi connectivity index (χ2n) is 11.7. The van der Waals surface area contributed by atoms with Crippen molar-refractivity contribution in [1.29, 1.82) is 0 Å². The summed E-state index contributed by atoms with van der Waals surface area (Å²) in [4.78, 5) is 25.0. The zero-order chi connectivity index (χ0) is 27.9. The zero-order valence-corrected chi connectivity index (χ0v) is 22.5. The first kappa shape index (κ1) is 26.4. The van der Waals surface area contributed by atoms with Crippen molar-refractivity contribution >= 4 is 22.5 Å². The van der Waals surface area contributed by atoms with Gasteiger partial charge in [-0.25, -0.2) is 0 Å². The van der Waals surface area contributed by atoms with E-state index in [9.17, 15) is 18.4 Å². The first-order valence-corrected chi connectivity index (χ1v) is 13.9. The van der Waals surface area contributed by atoms with Crippen molar-refractivity contribution in [1.82, 2.24) is 9.78 Å². The van der Waals surface area contributed by atoms with Crippen molar-refractivity contribution in [2.45, 2.75) is 58.6 Å². The summed E-state index contributed by atoms with van der Waals surface area (Å²) in [6.07, 6.45) is 6.71. The third-order valence-electron chi connectivity index (χ3n) is 8.56. The Labute approximate surface area is 232 Å². The number of Topliss-reactive ketones (excluding diaryl/α,β-unsaturated/α-hetero) is 2. The Bertz CT molecular complexity index is 1530. The molecule has 40 heavy (non-hydrogen) atoms. The molecule has 3 aromatic carbocycles. The van der Waals surface area contributed by atoms with Gasteiger partial charge in [-0.1, -0.05) is 54.6 Å². The number of nitrogens with zero attached hydrogens (tertiary/aromatic N) is 2. The van der Waals surface area contributed by atoms with Gasteiger partial charge in [-0.3, -0.25) is 9.48 Å². The van der Waals surface area contributed by atoms with E-state index in [1.807, 2.05) is 30.3 Å². The first-order valence-electron chi connectivity index (χ1n) is 13.9. The predicted octanol–water partition coefficient (Wildman–Crippen LogP) is 7.71. The second-order valence-corrected chi connectivity index (χ2v) is 11.7. The summed E-state index contributed by atoms with van der Waals surface area (Å²) in [5.74, 6) is 0.874. The molecular weight excluding hydrogens is 510 g/mol. The number of fused-ring (bicyclic) bond motifs is 1. The molecule has 1 spiro atoms. The third kappa shape index (κ3) is 5.42. The molecule has 0 amide bonds. The molecular formula is C33H32F2N2O3. The van der Waals surface area contributed by atoms with Gasteiger partial charge < -0.3 is 9.53 Å². The fraction of sp³-hybridized carbons (Fsp3) is 0.364. The highest BCUT2D eigenvalue weighted by atomic mass is 19.3. The summed E-state index contributed by atoms with van der Waals surface area (Å²) >= 11 is 0. The molecule has 0 aliphatic heterocycles. The number of hydrogen-bond donors (Lipinski definition) is 0. The van der Waals surface area contributed by atoms with E-state index in [1.54, 1.807) is 17.8 Å². The van der Waals surface area contributed by atoms with Crippen molar-refractivity contribution in [3.63, 3.8) is 0 Å². The molecule has 1 aromatic heterocycles. The summed E-state index contributed by atoms with van der Waals surface area (Å²) in [6, 6.07) is 21.3. The maximum absolute atomic E-state index is 13.6. The van der Waals surface area contributed by atoms with Crippen LogP contribution in [0.25, 0.3) is 22.0 Å². The number of rotatable bonds is 10. The predicted molar refractivity (Wildman–Crippen MR) is 149 cm³/mol. The molecule has 5 nitrogen and oxygen atoms in total. The molecule has 0 bridgehead atoms. The lowest BCUT2D eigenvalue weighted by molar-refractivity contribution is -0.123. The van der Waals surface area contributed by atoms with Crippen LogP contribution in [0.1, 0.15) is 61.4 Å². The Morgan fingerprint density at radius 3 is 2.25 bits per heavy atom. The lowest BCUT2D eigenvalue weighted by Gasteiger charge is -2.58. The zero-order valence-electron chi connectivity index (χ0n) is 22.5. The lowest BCUT2D eigenvalue weighted by Crippen LogP contribution is -2.48. The van der Waals surface area contributed by atoms with E-state index in [-0.39, 0.29) is 28.6 Å². The number of alkyl halides is 2. The van der Waals surface area contributed by atoms with Gasteiger partial charge in [-0.05, 0) is 78.7 Å². The standard InChI is InChI=1S/C33H32F2N2O3/c1-21(38)11-23-15-33(16-23)17-24(18-33)12-30(39)29-14-28(40-32(34)35)13-27-19-36-37(31(27)29)20-22-7-9-26(10-8-22)25-5-3-2-4-6-25/h2-10,13-14,19,23-24,32H,11-12,15-18,20H2,1H3. The first-order chi connectivity index (χ1) is 19.3. The fourth-order valence-electron chi connectivity index (χ4n) is 7.05. The van der Waals surface area contributed by atoms with Gasteiger partial charge >= 0.3 is 6.61 Å². The normalized spacial score (nSPS) is 21.8. The number of ether oxygens (including phenoxy) is 1. The minimum absolute atomic E-state index is 0.0336. The van der Waals surface area contributed by atoms with E-state index in [1.165, 1.54) is 12.1 Å². The maximum atomic E-state index is 13.6. The van der Waals surface area contributed by atoms with Crippen molar-refractivity contribution in [2.24, 2.45) is 17.3 Å². The van der Waals surface area contributed by atoms with Crippen LogP contribution in [0.15, 0.2) is 72.9 Å². The van der Waals surface area contributed by atoms with E-state index >= 15 is 0 Å². The molecule has 4 aromatic rings. The molecule has 0 atom stereocenters. The van der Waals surface area contributed by atoms with Crippen LogP contribution in [0.4, 0.5) is 8.78 Å². The van der Waals surface area contributed by atoms with Gasteiger partial charge in [0.2, 0.25) is 0 Å². The summed E-state index contributed by atoms with van der Waals surface area (Å²) < 4.78 is 32.6. The van der Waals surface area contributed by atoms with Crippen LogP contribution in [0.3, 0.4) is 0 Å². The van der Waals surface area contributed by atoms with Crippen LogP contribution in [0.2, 0.25) is 0 Å². The average Bonchev–Trinajstić information content (AvgIpc) is 3.28. The van der Waals surface area contributed by atoms with Crippen molar-refractivity contribution in [3.8, 4) is 16.9 Å². The van der Waals surface area contributed by atoms with Crippen molar-refractivity contribution < 1.29 is 23.1 Å². The van der Waals surface area contributed by atoms with Gasteiger partial charge in [0.15, 0.2) is 5.78 Å². The highest BCUT2D eigenvalue weighted by Crippen LogP contribution is 2.62. The quantitative estimate of drug-likeness (QED) is 0.193. The molecule has 2 aliphatic rings. The SMILES string of the molecule is CC(=O)CC1CC2(C1)CC(CC(=O)c1cc(OC(F)F)cc3cnn(Cc4ccc(-c5ccccc5)cc4)c13)C2. The second kappa shape index (κ2) is 10.6. The van der Waals surface area contributed by atoms with Gasteiger partial charge in [0.1, 0.15) is 11.5 Å². The minimum atomic E-state index is -2.98. The maximum Gasteiger partial charge on any atom is 0.387 e. The highest BCUT2D eigenvalue weighted by molar-refractivity contribution is 6.07. The highest BCUT2D eigenvalue weighted by Gasteiger charge is 2.52. The third-order valence-corrected chi connectivity index (χ3v) is 8.56. The van der Waals surface area contributed by atoms with Gasteiger partial charge in [0.25, 0.3) is 0 Å². The molecule has 2 aliphatic carbocycles. The van der Waals surface area contributed by atoms with Crippen LogP contribution in [-0.4, -0.2) is 28.0 Å². The largest absolute Gasteiger partial charge is 0.435 e. The van der Waals surface area contributed by atoms with Crippen molar-refractivity contribution in [2.75, 3.05) is 0 Å². The fourth-order valence-corrected chi connectivity index (χ4v) is 7.05. The molecule has 206 valence electrons. The smallest absolute Gasteiger partial charge is 0.387 e. The number of benzene rings is 3.